The van der Waals surface area contributed by atoms with Crippen LogP contribution < -0.4 is 4.90 Å². The zero-order chi connectivity index (χ0) is 10.8. The normalized spacial score (nSPS) is 16.9. The molecule has 1 aromatic carbocycles. The molecule has 1 fully saturated rings. The van der Waals surface area contributed by atoms with Crippen molar-refractivity contribution in [1.82, 2.24) is 0 Å². The molecule has 1 amide bonds. The minimum atomic E-state index is 0.0250. The minimum absolute atomic E-state index is 0.0250. The quantitative estimate of drug-likeness (QED) is 0.782. The van der Waals surface area contributed by atoms with E-state index in [4.69, 9.17) is 4.74 Å². The second-order valence-electron chi connectivity index (χ2n) is 3.53. The van der Waals surface area contributed by atoms with Crippen LogP contribution in [-0.4, -0.2) is 25.7 Å². The molecule has 0 N–H and O–H groups in total. The van der Waals surface area contributed by atoms with Crippen molar-refractivity contribution in [3.05, 3.63) is 28.2 Å². The number of hydrogen-bond acceptors (Lipinski definition) is 2. The predicted octanol–water partition coefficient (Wildman–Crippen LogP) is 2.12. The maximum absolute atomic E-state index is 11.6. The van der Waals surface area contributed by atoms with Crippen molar-refractivity contribution in [2.75, 3.05) is 24.7 Å². The lowest BCUT2D eigenvalue weighted by molar-refractivity contribution is -0.125. The molecular weight excluding hydrogens is 258 g/mol. The summed E-state index contributed by atoms with van der Waals surface area (Å²) in [5.41, 5.74) is 2.10. The van der Waals surface area contributed by atoms with Crippen molar-refractivity contribution in [1.29, 1.82) is 0 Å². The van der Waals surface area contributed by atoms with Gasteiger partial charge < -0.3 is 9.64 Å². The molecule has 1 aromatic rings. The van der Waals surface area contributed by atoms with Gasteiger partial charge in [0, 0.05) is 16.7 Å². The van der Waals surface area contributed by atoms with E-state index < -0.39 is 0 Å². The summed E-state index contributed by atoms with van der Waals surface area (Å²) in [5, 5.41) is 0. The third kappa shape index (κ3) is 2.21. The monoisotopic (exact) mass is 269 g/mol. The van der Waals surface area contributed by atoms with E-state index >= 15 is 0 Å². The van der Waals surface area contributed by atoms with Gasteiger partial charge in [0.15, 0.2) is 0 Å². The van der Waals surface area contributed by atoms with Crippen LogP contribution >= 0.6 is 15.9 Å². The molecule has 1 saturated heterocycles. The van der Waals surface area contributed by atoms with E-state index in [0.717, 1.165) is 10.2 Å². The fourth-order valence-electron chi connectivity index (χ4n) is 1.54. The molecule has 0 unspecified atom stereocenters. The van der Waals surface area contributed by atoms with Crippen molar-refractivity contribution >= 4 is 27.5 Å². The summed E-state index contributed by atoms with van der Waals surface area (Å²) in [5.74, 6) is 0.0250. The van der Waals surface area contributed by atoms with Gasteiger partial charge >= 0.3 is 0 Å². The molecule has 0 atom stereocenters. The Labute approximate surface area is 97.2 Å². The second kappa shape index (κ2) is 4.33. The number of hydrogen-bond donors (Lipinski definition) is 0. The Balaban J connectivity index is 2.28. The van der Waals surface area contributed by atoms with E-state index in [2.05, 4.69) is 15.9 Å². The van der Waals surface area contributed by atoms with E-state index in [9.17, 15) is 4.79 Å². The maximum atomic E-state index is 11.6. The highest BCUT2D eigenvalue weighted by atomic mass is 79.9. The summed E-state index contributed by atoms with van der Waals surface area (Å²) < 4.78 is 6.11. The van der Waals surface area contributed by atoms with E-state index in [1.165, 1.54) is 5.56 Å². The number of carbonyl (C=O) groups is 1. The van der Waals surface area contributed by atoms with Crippen LogP contribution in [0.5, 0.6) is 0 Å². The molecule has 0 aromatic heterocycles. The molecule has 15 heavy (non-hydrogen) atoms. The number of rotatable bonds is 1. The number of amides is 1. The third-order valence-corrected chi connectivity index (χ3v) is 3.31. The van der Waals surface area contributed by atoms with Gasteiger partial charge in [0.25, 0.3) is 5.91 Å². The molecule has 0 bridgehead atoms. The molecule has 1 aliphatic rings. The Bertz CT molecular complexity index is 392. The zero-order valence-corrected chi connectivity index (χ0v) is 10.1. The van der Waals surface area contributed by atoms with Crippen LogP contribution in [0.2, 0.25) is 0 Å². The average Bonchev–Trinajstić information content (AvgIpc) is 2.23. The number of carbonyl (C=O) groups excluding carboxylic acids is 1. The highest BCUT2D eigenvalue weighted by Gasteiger charge is 2.20. The molecule has 80 valence electrons. The Morgan fingerprint density at radius 1 is 1.47 bits per heavy atom. The van der Waals surface area contributed by atoms with Gasteiger partial charge in [-0.2, -0.15) is 0 Å². The van der Waals surface area contributed by atoms with Gasteiger partial charge in [-0.1, -0.05) is 22.0 Å². The highest BCUT2D eigenvalue weighted by Crippen LogP contribution is 2.24. The number of anilines is 1. The third-order valence-electron chi connectivity index (χ3n) is 2.45. The molecule has 0 radical (unpaired) electrons. The minimum Gasteiger partial charge on any atom is -0.370 e. The van der Waals surface area contributed by atoms with Gasteiger partial charge in [-0.15, -0.1) is 0 Å². The van der Waals surface area contributed by atoms with Crippen LogP contribution in [0.15, 0.2) is 22.7 Å². The second-order valence-corrected chi connectivity index (χ2v) is 4.39. The molecule has 3 nitrogen and oxygen atoms in total. The largest absolute Gasteiger partial charge is 0.370 e. The van der Waals surface area contributed by atoms with E-state index in [-0.39, 0.29) is 12.5 Å². The average molecular weight is 270 g/mol. The van der Waals surface area contributed by atoms with Crippen molar-refractivity contribution in [2.24, 2.45) is 0 Å². The van der Waals surface area contributed by atoms with Gasteiger partial charge in [0.1, 0.15) is 6.61 Å². The molecule has 2 rings (SSSR count). The van der Waals surface area contributed by atoms with Gasteiger partial charge in [-0.25, -0.2) is 0 Å². The first-order chi connectivity index (χ1) is 7.18. The van der Waals surface area contributed by atoms with Crippen LogP contribution in [0, 0.1) is 6.92 Å². The van der Waals surface area contributed by atoms with Crippen molar-refractivity contribution < 1.29 is 9.53 Å². The van der Waals surface area contributed by atoms with Crippen LogP contribution in [0.1, 0.15) is 5.56 Å². The standard InChI is InChI=1S/C11H12BrNO2/c1-8-2-3-9(6-10(8)12)13-4-5-15-7-11(13)14/h2-3,6H,4-5,7H2,1H3. The molecule has 4 heteroatoms. The Morgan fingerprint density at radius 2 is 2.27 bits per heavy atom. The maximum Gasteiger partial charge on any atom is 0.253 e. The Hall–Kier alpha value is -0.870. The van der Waals surface area contributed by atoms with Crippen LogP contribution in [0.4, 0.5) is 5.69 Å². The topological polar surface area (TPSA) is 29.5 Å². The Morgan fingerprint density at radius 3 is 2.93 bits per heavy atom. The van der Waals surface area contributed by atoms with Crippen molar-refractivity contribution in [2.45, 2.75) is 6.92 Å². The summed E-state index contributed by atoms with van der Waals surface area (Å²) in [6.45, 7) is 3.45. The molecule has 0 spiro atoms. The number of benzene rings is 1. The summed E-state index contributed by atoms with van der Waals surface area (Å²) in [4.78, 5) is 13.3. The number of ether oxygens (including phenoxy) is 1. The molecular formula is C11H12BrNO2. The van der Waals surface area contributed by atoms with E-state index in [1.807, 2.05) is 25.1 Å². The summed E-state index contributed by atoms with van der Waals surface area (Å²) >= 11 is 3.46. The van der Waals surface area contributed by atoms with Crippen LogP contribution in [0.3, 0.4) is 0 Å². The van der Waals surface area contributed by atoms with Crippen LogP contribution in [0.25, 0.3) is 0 Å². The van der Waals surface area contributed by atoms with Crippen molar-refractivity contribution in [3.63, 3.8) is 0 Å². The summed E-state index contributed by atoms with van der Waals surface area (Å²) in [6, 6.07) is 5.93. The lowest BCUT2D eigenvalue weighted by atomic mass is 10.2. The van der Waals surface area contributed by atoms with Crippen molar-refractivity contribution in [3.8, 4) is 0 Å². The number of halogens is 1. The Kier molecular flexibility index (Phi) is 3.07. The first kappa shape index (κ1) is 10.6. The van der Waals surface area contributed by atoms with Gasteiger partial charge in [0.2, 0.25) is 0 Å². The highest BCUT2D eigenvalue weighted by molar-refractivity contribution is 9.10. The first-order valence-corrected chi connectivity index (χ1v) is 5.62. The van der Waals surface area contributed by atoms with Gasteiger partial charge in [-0.05, 0) is 24.6 Å². The van der Waals surface area contributed by atoms with E-state index in [0.29, 0.717) is 13.2 Å². The fraction of sp³-hybridized carbons (Fsp3) is 0.364. The smallest absolute Gasteiger partial charge is 0.253 e. The molecule has 0 saturated carbocycles. The predicted molar refractivity (Wildman–Crippen MR) is 62.1 cm³/mol. The first-order valence-electron chi connectivity index (χ1n) is 4.83. The summed E-state index contributed by atoms with van der Waals surface area (Å²) in [6.07, 6.45) is 0. The lowest BCUT2D eigenvalue weighted by Gasteiger charge is -2.27. The van der Waals surface area contributed by atoms with E-state index in [1.54, 1.807) is 4.90 Å². The number of morpholine rings is 1. The molecule has 1 aliphatic heterocycles. The summed E-state index contributed by atoms with van der Waals surface area (Å²) in [7, 11) is 0. The zero-order valence-electron chi connectivity index (χ0n) is 8.50. The van der Waals surface area contributed by atoms with Gasteiger partial charge in [-0.3, -0.25) is 4.79 Å². The molecule has 0 aliphatic carbocycles. The van der Waals surface area contributed by atoms with Gasteiger partial charge in [0.05, 0.1) is 6.61 Å². The SMILES string of the molecule is Cc1ccc(N2CCOCC2=O)cc1Br. The van der Waals surface area contributed by atoms with Crippen LogP contribution in [-0.2, 0) is 9.53 Å². The molecule has 1 heterocycles. The number of nitrogens with zero attached hydrogens (tertiary/aromatic N) is 1. The number of aryl methyl sites for hydroxylation is 1. The fourth-order valence-corrected chi connectivity index (χ4v) is 1.91. The lowest BCUT2D eigenvalue weighted by Crippen LogP contribution is -2.41.